The summed E-state index contributed by atoms with van der Waals surface area (Å²) in [6.45, 7) is 2.05. The van der Waals surface area contributed by atoms with Crippen LogP contribution in [-0.2, 0) is 13.5 Å². The van der Waals surface area contributed by atoms with Crippen LogP contribution < -0.4 is 5.73 Å². The number of aromatic hydroxyl groups is 1. The molecule has 0 saturated heterocycles. The molecule has 0 spiro atoms. The Morgan fingerprint density at radius 2 is 2.11 bits per heavy atom. The summed E-state index contributed by atoms with van der Waals surface area (Å²) in [4.78, 5) is 8.83. The number of hydrogen-bond donors (Lipinski definition) is 2. The second kappa shape index (κ2) is 3.60. The van der Waals surface area contributed by atoms with Crippen LogP contribution in [0.15, 0.2) is 18.2 Å². The molecule has 1 aromatic carbocycles. The number of phenols is 1. The van der Waals surface area contributed by atoms with Gasteiger partial charge in [0.05, 0.1) is 11.0 Å². The molecule has 0 aliphatic rings. The molecule has 18 heavy (non-hydrogen) atoms. The van der Waals surface area contributed by atoms with Crippen molar-refractivity contribution in [1.29, 1.82) is 0 Å². The SMILES string of the molecule is CCc1nc2c(N)nc3ccc(O)cc3c2n1C. The van der Waals surface area contributed by atoms with Gasteiger partial charge in [-0.3, -0.25) is 0 Å². The monoisotopic (exact) mass is 242 g/mol. The summed E-state index contributed by atoms with van der Waals surface area (Å²) in [7, 11) is 1.96. The molecule has 3 aromatic rings. The molecule has 0 fully saturated rings. The summed E-state index contributed by atoms with van der Waals surface area (Å²) in [5.41, 5.74) is 8.34. The van der Waals surface area contributed by atoms with Gasteiger partial charge in [-0.05, 0) is 18.2 Å². The number of phenolic OH excluding ortho intramolecular Hbond substituents is 1. The molecule has 3 N–H and O–H groups in total. The van der Waals surface area contributed by atoms with Gasteiger partial charge in [0.25, 0.3) is 0 Å². The molecular formula is C13H14N4O. The maximum atomic E-state index is 9.63. The predicted molar refractivity (Wildman–Crippen MR) is 71.5 cm³/mol. The molecule has 0 bridgehead atoms. The highest BCUT2D eigenvalue weighted by Gasteiger charge is 2.14. The molecule has 0 radical (unpaired) electrons. The Morgan fingerprint density at radius 3 is 2.83 bits per heavy atom. The zero-order valence-corrected chi connectivity index (χ0v) is 10.3. The normalized spacial score (nSPS) is 11.4. The quantitative estimate of drug-likeness (QED) is 0.684. The molecule has 2 heterocycles. The van der Waals surface area contributed by atoms with E-state index in [2.05, 4.69) is 9.97 Å². The maximum absolute atomic E-state index is 9.63. The number of pyridine rings is 1. The average Bonchev–Trinajstić information content (AvgIpc) is 2.69. The minimum Gasteiger partial charge on any atom is -0.508 e. The summed E-state index contributed by atoms with van der Waals surface area (Å²) < 4.78 is 2.01. The highest BCUT2D eigenvalue weighted by Crippen LogP contribution is 2.30. The maximum Gasteiger partial charge on any atom is 0.152 e. The van der Waals surface area contributed by atoms with Crippen molar-refractivity contribution >= 4 is 27.8 Å². The third kappa shape index (κ3) is 1.33. The second-order valence-electron chi connectivity index (χ2n) is 4.34. The van der Waals surface area contributed by atoms with Crippen molar-refractivity contribution < 1.29 is 5.11 Å². The van der Waals surface area contributed by atoms with Gasteiger partial charge in [0, 0.05) is 18.9 Å². The fourth-order valence-electron chi connectivity index (χ4n) is 2.34. The second-order valence-corrected chi connectivity index (χ2v) is 4.34. The number of fused-ring (bicyclic) bond motifs is 3. The number of nitrogens with two attached hydrogens (primary N) is 1. The van der Waals surface area contributed by atoms with Crippen molar-refractivity contribution in [3.63, 3.8) is 0 Å². The van der Waals surface area contributed by atoms with Crippen molar-refractivity contribution in [3.8, 4) is 5.75 Å². The van der Waals surface area contributed by atoms with E-state index in [0.717, 1.165) is 28.7 Å². The third-order valence-corrected chi connectivity index (χ3v) is 3.22. The molecule has 3 rings (SSSR count). The Kier molecular flexibility index (Phi) is 2.16. The Balaban J connectivity index is 2.58. The van der Waals surface area contributed by atoms with Gasteiger partial charge >= 0.3 is 0 Å². The molecular weight excluding hydrogens is 228 g/mol. The topological polar surface area (TPSA) is 77.0 Å². The number of nitrogen functional groups attached to an aromatic ring is 1. The van der Waals surface area contributed by atoms with Crippen LogP contribution in [0.2, 0.25) is 0 Å². The molecule has 0 unspecified atom stereocenters. The van der Waals surface area contributed by atoms with E-state index in [-0.39, 0.29) is 5.75 Å². The summed E-state index contributed by atoms with van der Waals surface area (Å²) in [6, 6.07) is 5.07. The van der Waals surface area contributed by atoms with Gasteiger partial charge in [-0.15, -0.1) is 0 Å². The standard InChI is InChI=1S/C13H14N4O/c1-3-10-16-11-12(17(10)2)8-6-7(18)4-5-9(8)15-13(11)14/h4-6,18H,3H2,1-2H3,(H2,14,15). The lowest BCUT2D eigenvalue weighted by atomic mass is 10.2. The van der Waals surface area contributed by atoms with E-state index >= 15 is 0 Å². The first-order valence-corrected chi connectivity index (χ1v) is 5.85. The number of anilines is 1. The van der Waals surface area contributed by atoms with Crippen LogP contribution >= 0.6 is 0 Å². The first-order chi connectivity index (χ1) is 8.61. The van der Waals surface area contributed by atoms with Crippen LogP contribution in [0.1, 0.15) is 12.7 Å². The van der Waals surface area contributed by atoms with Crippen LogP contribution in [-0.4, -0.2) is 19.6 Å². The number of aryl methyl sites for hydroxylation is 2. The number of aromatic nitrogens is 3. The van der Waals surface area contributed by atoms with E-state index in [1.807, 2.05) is 18.5 Å². The lowest BCUT2D eigenvalue weighted by molar-refractivity contribution is 0.476. The van der Waals surface area contributed by atoms with Gasteiger partial charge in [-0.25, -0.2) is 9.97 Å². The minimum atomic E-state index is 0.217. The fourth-order valence-corrected chi connectivity index (χ4v) is 2.34. The van der Waals surface area contributed by atoms with E-state index in [0.29, 0.717) is 11.3 Å². The Labute approximate surface area is 104 Å². The largest absolute Gasteiger partial charge is 0.508 e. The number of imidazole rings is 1. The zero-order valence-electron chi connectivity index (χ0n) is 10.3. The molecule has 0 atom stereocenters. The summed E-state index contributed by atoms with van der Waals surface area (Å²) >= 11 is 0. The van der Waals surface area contributed by atoms with Gasteiger partial charge in [-0.2, -0.15) is 0 Å². The van der Waals surface area contributed by atoms with E-state index in [9.17, 15) is 5.11 Å². The molecule has 92 valence electrons. The number of benzene rings is 1. The van der Waals surface area contributed by atoms with Crippen LogP contribution in [0.4, 0.5) is 5.82 Å². The van der Waals surface area contributed by atoms with Gasteiger partial charge in [0.2, 0.25) is 0 Å². The van der Waals surface area contributed by atoms with Crippen LogP contribution in [0.25, 0.3) is 21.9 Å². The van der Waals surface area contributed by atoms with Gasteiger partial charge in [-0.1, -0.05) is 6.92 Å². The van der Waals surface area contributed by atoms with Crippen LogP contribution in [0.3, 0.4) is 0 Å². The van der Waals surface area contributed by atoms with Crippen molar-refractivity contribution in [1.82, 2.24) is 14.5 Å². The molecule has 5 heteroatoms. The molecule has 0 saturated carbocycles. The van der Waals surface area contributed by atoms with Gasteiger partial charge in [0.15, 0.2) is 5.82 Å². The first-order valence-electron chi connectivity index (χ1n) is 5.85. The average molecular weight is 242 g/mol. The Hall–Kier alpha value is -2.30. The van der Waals surface area contributed by atoms with Crippen molar-refractivity contribution in [2.24, 2.45) is 7.05 Å². The summed E-state index contributed by atoms with van der Waals surface area (Å²) in [5.74, 6) is 1.60. The Bertz CT molecular complexity index is 761. The fraction of sp³-hybridized carbons (Fsp3) is 0.231. The smallest absolute Gasteiger partial charge is 0.152 e. The number of hydrogen-bond acceptors (Lipinski definition) is 4. The van der Waals surface area contributed by atoms with E-state index in [1.165, 1.54) is 0 Å². The summed E-state index contributed by atoms with van der Waals surface area (Å²) in [6.07, 6.45) is 0.824. The van der Waals surface area contributed by atoms with Crippen molar-refractivity contribution in [3.05, 3.63) is 24.0 Å². The lowest BCUT2D eigenvalue weighted by Crippen LogP contribution is -1.96. The third-order valence-electron chi connectivity index (χ3n) is 3.22. The van der Waals surface area contributed by atoms with E-state index in [1.54, 1.807) is 18.2 Å². The van der Waals surface area contributed by atoms with Crippen LogP contribution in [0, 0.1) is 0 Å². The van der Waals surface area contributed by atoms with E-state index in [4.69, 9.17) is 5.73 Å². The molecule has 5 nitrogen and oxygen atoms in total. The summed E-state index contributed by atoms with van der Waals surface area (Å²) in [5, 5.41) is 10.5. The molecule has 0 aliphatic carbocycles. The Morgan fingerprint density at radius 1 is 1.33 bits per heavy atom. The van der Waals surface area contributed by atoms with Crippen molar-refractivity contribution in [2.45, 2.75) is 13.3 Å². The number of nitrogens with zero attached hydrogens (tertiary/aromatic N) is 3. The minimum absolute atomic E-state index is 0.217. The van der Waals surface area contributed by atoms with Gasteiger partial charge < -0.3 is 15.4 Å². The highest BCUT2D eigenvalue weighted by molar-refractivity contribution is 6.06. The molecule has 0 amide bonds. The predicted octanol–water partition coefficient (Wildman–Crippen LogP) is 1.97. The van der Waals surface area contributed by atoms with Crippen LogP contribution in [0.5, 0.6) is 5.75 Å². The zero-order chi connectivity index (χ0) is 12.9. The number of rotatable bonds is 1. The highest BCUT2D eigenvalue weighted by atomic mass is 16.3. The lowest BCUT2D eigenvalue weighted by Gasteiger charge is -2.05. The van der Waals surface area contributed by atoms with Gasteiger partial charge in [0.1, 0.15) is 17.1 Å². The molecule has 0 aliphatic heterocycles. The van der Waals surface area contributed by atoms with E-state index < -0.39 is 0 Å². The van der Waals surface area contributed by atoms with Crippen molar-refractivity contribution in [2.75, 3.05) is 5.73 Å². The molecule has 2 aromatic heterocycles. The first kappa shape index (κ1) is 10.8.